The van der Waals surface area contributed by atoms with Crippen LogP contribution in [0.1, 0.15) is 37.3 Å². The Kier molecular flexibility index (Phi) is 5.04. The maximum absolute atomic E-state index is 6.29. The third-order valence-electron chi connectivity index (χ3n) is 4.53. The van der Waals surface area contributed by atoms with Gasteiger partial charge in [0, 0.05) is 29.6 Å². The Morgan fingerprint density at radius 2 is 2.14 bits per heavy atom. The molecule has 116 valence electrons. The van der Waals surface area contributed by atoms with E-state index in [1.807, 2.05) is 0 Å². The fourth-order valence-corrected chi connectivity index (χ4v) is 3.80. The maximum Gasteiger partial charge on any atom is 0.127 e. The average molecular weight is 309 g/mol. The van der Waals surface area contributed by atoms with E-state index in [2.05, 4.69) is 29.3 Å². The molecule has 1 N–H and O–H groups in total. The minimum atomic E-state index is 0.683. The summed E-state index contributed by atoms with van der Waals surface area (Å²) in [4.78, 5) is 2.62. The molecule has 1 fully saturated rings. The zero-order chi connectivity index (χ0) is 14.7. The highest BCUT2D eigenvalue weighted by Gasteiger charge is 2.24. The Bertz CT molecular complexity index is 486. The molecular weight excluding hydrogens is 284 g/mol. The van der Waals surface area contributed by atoms with Crippen molar-refractivity contribution in [2.45, 2.75) is 45.2 Å². The lowest BCUT2D eigenvalue weighted by Gasteiger charge is -2.34. The highest BCUT2D eigenvalue weighted by molar-refractivity contribution is 6.30. The number of nitrogens with zero attached hydrogens (tertiary/aromatic N) is 1. The molecule has 0 spiro atoms. The molecule has 4 heteroatoms. The van der Waals surface area contributed by atoms with E-state index in [1.54, 1.807) is 0 Å². The SMILES string of the molecule is CCCN(Cc1cc(Cl)cc2c1OCC2)C1CCNCC1. The molecule has 1 aromatic rings. The van der Waals surface area contributed by atoms with Crippen LogP contribution in [-0.2, 0) is 13.0 Å². The van der Waals surface area contributed by atoms with Crippen molar-refractivity contribution in [3.8, 4) is 5.75 Å². The third-order valence-corrected chi connectivity index (χ3v) is 4.75. The number of halogens is 1. The molecule has 0 saturated carbocycles. The van der Waals surface area contributed by atoms with E-state index < -0.39 is 0 Å². The van der Waals surface area contributed by atoms with Crippen LogP contribution in [0, 0.1) is 0 Å². The van der Waals surface area contributed by atoms with Crippen LogP contribution in [0.3, 0.4) is 0 Å². The number of hydrogen-bond acceptors (Lipinski definition) is 3. The van der Waals surface area contributed by atoms with Crippen LogP contribution in [0.25, 0.3) is 0 Å². The predicted octanol–water partition coefficient (Wildman–Crippen LogP) is 3.24. The van der Waals surface area contributed by atoms with Crippen LogP contribution in [-0.4, -0.2) is 37.2 Å². The average Bonchev–Trinajstić information content (AvgIpc) is 2.96. The van der Waals surface area contributed by atoms with E-state index in [0.29, 0.717) is 6.04 Å². The Balaban J connectivity index is 1.79. The molecule has 21 heavy (non-hydrogen) atoms. The highest BCUT2D eigenvalue weighted by atomic mass is 35.5. The van der Waals surface area contributed by atoms with E-state index in [-0.39, 0.29) is 0 Å². The number of hydrogen-bond donors (Lipinski definition) is 1. The first-order chi connectivity index (χ1) is 10.3. The second kappa shape index (κ2) is 6.99. The van der Waals surface area contributed by atoms with Crippen molar-refractivity contribution in [1.82, 2.24) is 10.2 Å². The van der Waals surface area contributed by atoms with Crippen LogP contribution < -0.4 is 10.1 Å². The maximum atomic E-state index is 6.29. The van der Waals surface area contributed by atoms with Gasteiger partial charge in [-0.2, -0.15) is 0 Å². The van der Waals surface area contributed by atoms with Gasteiger partial charge in [0.05, 0.1) is 6.61 Å². The monoisotopic (exact) mass is 308 g/mol. The Morgan fingerprint density at radius 1 is 1.33 bits per heavy atom. The molecule has 2 aliphatic rings. The normalized spacial score (nSPS) is 18.8. The minimum absolute atomic E-state index is 0.683. The number of ether oxygens (including phenoxy) is 1. The zero-order valence-corrected chi connectivity index (χ0v) is 13.6. The molecule has 2 aliphatic heterocycles. The molecule has 0 radical (unpaired) electrons. The number of nitrogens with one attached hydrogen (secondary N) is 1. The van der Waals surface area contributed by atoms with Gasteiger partial charge in [-0.05, 0) is 56.6 Å². The largest absolute Gasteiger partial charge is 0.493 e. The van der Waals surface area contributed by atoms with Crippen LogP contribution in [0.15, 0.2) is 12.1 Å². The van der Waals surface area contributed by atoms with Gasteiger partial charge in [0.2, 0.25) is 0 Å². The van der Waals surface area contributed by atoms with Crippen molar-refractivity contribution >= 4 is 11.6 Å². The standard InChI is InChI=1S/C17H25ClN2O/c1-2-8-20(16-3-6-19-7-4-16)12-14-11-15(18)10-13-5-9-21-17(13)14/h10-11,16,19H,2-9,12H2,1H3. The zero-order valence-electron chi connectivity index (χ0n) is 12.8. The van der Waals surface area contributed by atoms with Crippen LogP contribution in [0.2, 0.25) is 5.02 Å². The predicted molar refractivity (Wildman–Crippen MR) is 87.2 cm³/mol. The first-order valence-corrected chi connectivity index (χ1v) is 8.54. The number of benzene rings is 1. The van der Waals surface area contributed by atoms with Gasteiger partial charge in [0.1, 0.15) is 5.75 Å². The topological polar surface area (TPSA) is 24.5 Å². The second-order valence-corrected chi connectivity index (χ2v) is 6.54. The van der Waals surface area contributed by atoms with E-state index in [9.17, 15) is 0 Å². The Morgan fingerprint density at radius 3 is 2.90 bits per heavy atom. The lowest BCUT2D eigenvalue weighted by Crippen LogP contribution is -2.43. The van der Waals surface area contributed by atoms with Gasteiger partial charge in [0.15, 0.2) is 0 Å². The Hall–Kier alpha value is -0.770. The van der Waals surface area contributed by atoms with Crippen molar-refractivity contribution in [3.05, 3.63) is 28.3 Å². The lowest BCUT2D eigenvalue weighted by molar-refractivity contribution is 0.152. The molecule has 0 atom stereocenters. The van der Waals surface area contributed by atoms with Gasteiger partial charge in [-0.15, -0.1) is 0 Å². The molecule has 0 amide bonds. The summed E-state index contributed by atoms with van der Waals surface area (Å²) >= 11 is 6.29. The van der Waals surface area contributed by atoms with Crippen molar-refractivity contribution < 1.29 is 4.74 Å². The summed E-state index contributed by atoms with van der Waals surface area (Å²) in [5.41, 5.74) is 2.54. The van der Waals surface area contributed by atoms with Crippen molar-refractivity contribution in [2.24, 2.45) is 0 Å². The molecule has 3 rings (SSSR count). The highest BCUT2D eigenvalue weighted by Crippen LogP contribution is 2.34. The minimum Gasteiger partial charge on any atom is -0.493 e. The molecule has 0 bridgehead atoms. The van der Waals surface area contributed by atoms with Crippen molar-refractivity contribution in [3.63, 3.8) is 0 Å². The van der Waals surface area contributed by atoms with E-state index in [4.69, 9.17) is 16.3 Å². The lowest BCUT2D eigenvalue weighted by atomic mass is 10.0. The summed E-state index contributed by atoms with van der Waals surface area (Å²) in [5.74, 6) is 1.09. The molecule has 0 unspecified atom stereocenters. The van der Waals surface area contributed by atoms with E-state index in [1.165, 1.54) is 30.4 Å². The third kappa shape index (κ3) is 3.53. The number of piperidine rings is 1. The fourth-order valence-electron chi connectivity index (χ4n) is 3.53. The number of fused-ring (bicyclic) bond motifs is 1. The second-order valence-electron chi connectivity index (χ2n) is 6.10. The summed E-state index contributed by atoms with van der Waals surface area (Å²) < 4.78 is 5.85. The Labute approximate surface area is 132 Å². The van der Waals surface area contributed by atoms with Gasteiger partial charge in [-0.1, -0.05) is 18.5 Å². The van der Waals surface area contributed by atoms with Gasteiger partial charge in [-0.3, -0.25) is 4.90 Å². The summed E-state index contributed by atoms with van der Waals surface area (Å²) in [6.45, 7) is 7.42. The summed E-state index contributed by atoms with van der Waals surface area (Å²) in [5, 5.41) is 4.30. The van der Waals surface area contributed by atoms with E-state index >= 15 is 0 Å². The molecule has 1 saturated heterocycles. The summed E-state index contributed by atoms with van der Waals surface area (Å²) in [6, 6.07) is 4.83. The van der Waals surface area contributed by atoms with Gasteiger partial charge in [-0.25, -0.2) is 0 Å². The van der Waals surface area contributed by atoms with Gasteiger partial charge >= 0.3 is 0 Å². The smallest absolute Gasteiger partial charge is 0.127 e. The quantitative estimate of drug-likeness (QED) is 0.904. The first kappa shape index (κ1) is 15.1. The first-order valence-electron chi connectivity index (χ1n) is 8.16. The number of rotatable bonds is 5. The summed E-state index contributed by atoms with van der Waals surface area (Å²) in [7, 11) is 0. The van der Waals surface area contributed by atoms with Crippen molar-refractivity contribution in [2.75, 3.05) is 26.2 Å². The molecule has 3 nitrogen and oxygen atoms in total. The van der Waals surface area contributed by atoms with Crippen molar-refractivity contribution in [1.29, 1.82) is 0 Å². The van der Waals surface area contributed by atoms with Crippen LogP contribution in [0.5, 0.6) is 5.75 Å². The van der Waals surface area contributed by atoms with E-state index in [0.717, 1.165) is 50.0 Å². The molecule has 2 heterocycles. The van der Waals surface area contributed by atoms with Crippen LogP contribution >= 0.6 is 11.6 Å². The summed E-state index contributed by atoms with van der Waals surface area (Å²) in [6.07, 6.45) is 4.66. The molecule has 0 aromatic heterocycles. The fraction of sp³-hybridized carbons (Fsp3) is 0.647. The molecule has 0 aliphatic carbocycles. The van der Waals surface area contributed by atoms with Gasteiger partial charge < -0.3 is 10.1 Å². The molecule has 1 aromatic carbocycles. The molecular formula is C17H25ClN2O. The van der Waals surface area contributed by atoms with Gasteiger partial charge in [0.25, 0.3) is 0 Å². The van der Waals surface area contributed by atoms with Crippen LogP contribution in [0.4, 0.5) is 0 Å².